The molecule has 0 aliphatic rings. The van der Waals surface area contributed by atoms with Crippen LogP contribution in [0.5, 0.6) is 0 Å². The average molecular weight is 316 g/mol. The Balaban J connectivity index is 1.84. The number of nitriles is 1. The lowest BCUT2D eigenvalue weighted by Gasteiger charge is -2.11. The van der Waals surface area contributed by atoms with E-state index in [2.05, 4.69) is 21.5 Å². The van der Waals surface area contributed by atoms with Crippen molar-refractivity contribution in [3.63, 3.8) is 0 Å². The highest BCUT2D eigenvalue weighted by Gasteiger charge is 2.07. The summed E-state index contributed by atoms with van der Waals surface area (Å²) in [6.07, 6.45) is 3.12. The van der Waals surface area contributed by atoms with Crippen LogP contribution in [0.4, 0.5) is 5.69 Å². The molecule has 0 amide bonds. The zero-order chi connectivity index (χ0) is 14.7. The van der Waals surface area contributed by atoms with E-state index in [1.165, 1.54) is 6.33 Å². The first-order valence-corrected chi connectivity index (χ1v) is 7.38. The fourth-order valence-corrected chi connectivity index (χ4v) is 2.82. The summed E-state index contributed by atoms with van der Waals surface area (Å²) in [7, 11) is 0. The molecule has 0 atom stereocenters. The quantitative estimate of drug-likeness (QED) is 0.800. The topological polar surface area (TPSA) is 66.5 Å². The monoisotopic (exact) mass is 315 g/mol. The molecule has 0 bridgehead atoms. The molecule has 104 valence electrons. The van der Waals surface area contributed by atoms with Gasteiger partial charge < -0.3 is 5.32 Å². The third kappa shape index (κ3) is 3.05. The van der Waals surface area contributed by atoms with Crippen LogP contribution in [-0.2, 0) is 6.54 Å². The van der Waals surface area contributed by atoms with Gasteiger partial charge in [-0.15, -0.1) is 11.3 Å². The lowest BCUT2D eigenvalue weighted by atomic mass is 10.2. The van der Waals surface area contributed by atoms with Gasteiger partial charge in [-0.3, -0.25) is 0 Å². The predicted molar refractivity (Wildman–Crippen MR) is 82.7 cm³/mol. The predicted octanol–water partition coefficient (Wildman–Crippen LogP) is 3.47. The summed E-state index contributed by atoms with van der Waals surface area (Å²) >= 11 is 7.61. The number of nitrogens with zero attached hydrogens (tertiary/aromatic N) is 4. The van der Waals surface area contributed by atoms with Crippen LogP contribution < -0.4 is 5.32 Å². The van der Waals surface area contributed by atoms with Gasteiger partial charge >= 0.3 is 0 Å². The Bertz CT molecular complexity index is 788. The Morgan fingerprint density at radius 2 is 2.29 bits per heavy atom. The van der Waals surface area contributed by atoms with E-state index >= 15 is 0 Å². The molecule has 0 aliphatic carbocycles. The molecule has 1 N–H and O–H groups in total. The van der Waals surface area contributed by atoms with Crippen LogP contribution >= 0.6 is 22.9 Å². The second kappa shape index (κ2) is 5.95. The Hall–Kier alpha value is -2.36. The van der Waals surface area contributed by atoms with Crippen molar-refractivity contribution in [3.05, 3.63) is 57.8 Å². The molecule has 0 radical (unpaired) electrons. The number of nitrogens with one attached hydrogen (secondary N) is 1. The van der Waals surface area contributed by atoms with Gasteiger partial charge in [0, 0.05) is 21.8 Å². The van der Waals surface area contributed by atoms with Crippen molar-refractivity contribution in [2.75, 3.05) is 5.32 Å². The van der Waals surface area contributed by atoms with E-state index in [1.807, 2.05) is 29.6 Å². The van der Waals surface area contributed by atoms with Crippen LogP contribution in [0, 0.1) is 11.3 Å². The largest absolute Gasteiger partial charge is 0.378 e. The molecular weight excluding hydrogens is 306 g/mol. The maximum atomic E-state index is 8.84. The van der Waals surface area contributed by atoms with E-state index in [4.69, 9.17) is 16.9 Å². The Labute approximate surface area is 130 Å². The Kier molecular flexibility index (Phi) is 3.86. The zero-order valence-corrected chi connectivity index (χ0v) is 12.4. The third-order valence-corrected chi connectivity index (χ3v) is 4.03. The average Bonchev–Trinajstić information content (AvgIpc) is 3.16. The summed E-state index contributed by atoms with van der Waals surface area (Å²) in [5.41, 5.74) is 2.41. The SMILES string of the molecule is N#Cc1csc(CNc2cc(Cl)ccc2-n2cncn2)c1. The molecular formula is C14H10ClN5S. The molecule has 5 nitrogen and oxygen atoms in total. The molecule has 3 rings (SSSR count). The van der Waals surface area contributed by atoms with E-state index in [1.54, 1.807) is 22.3 Å². The summed E-state index contributed by atoms with van der Waals surface area (Å²) in [6, 6.07) is 9.54. The fourth-order valence-electron chi connectivity index (χ4n) is 1.90. The molecule has 2 heterocycles. The van der Waals surface area contributed by atoms with Gasteiger partial charge in [0.1, 0.15) is 18.7 Å². The molecule has 3 aromatic rings. The summed E-state index contributed by atoms with van der Waals surface area (Å²) in [4.78, 5) is 5.03. The van der Waals surface area contributed by atoms with Crippen molar-refractivity contribution in [3.8, 4) is 11.8 Å². The van der Waals surface area contributed by atoms with E-state index in [0.717, 1.165) is 16.3 Å². The molecule has 0 spiro atoms. The van der Waals surface area contributed by atoms with Crippen molar-refractivity contribution in [2.24, 2.45) is 0 Å². The smallest absolute Gasteiger partial charge is 0.138 e. The molecule has 0 fully saturated rings. The van der Waals surface area contributed by atoms with Gasteiger partial charge in [0.05, 0.1) is 16.9 Å². The van der Waals surface area contributed by atoms with Gasteiger partial charge in [-0.1, -0.05) is 11.6 Å². The maximum absolute atomic E-state index is 8.84. The van der Waals surface area contributed by atoms with Gasteiger partial charge in [0.25, 0.3) is 0 Å². The van der Waals surface area contributed by atoms with Crippen LogP contribution in [0.2, 0.25) is 5.02 Å². The first-order chi connectivity index (χ1) is 10.3. The molecule has 0 unspecified atom stereocenters. The molecule has 0 aliphatic heterocycles. The van der Waals surface area contributed by atoms with Crippen molar-refractivity contribution < 1.29 is 0 Å². The van der Waals surface area contributed by atoms with E-state index in [0.29, 0.717) is 17.1 Å². The number of halogens is 1. The number of hydrogen-bond acceptors (Lipinski definition) is 5. The number of thiophene rings is 1. The maximum Gasteiger partial charge on any atom is 0.138 e. The molecule has 2 aromatic heterocycles. The lowest BCUT2D eigenvalue weighted by molar-refractivity contribution is 0.878. The zero-order valence-electron chi connectivity index (χ0n) is 10.8. The Morgan fingerprint density at radius 3 is 3.00 bits per heavy atom. The lowest BCUT2D eigenvalue weighted by Crippen LogP contribution is -2.04. The number of anilines is 1. The summed E-state index contributed by atoms with van der Waals surface area (Å²) in [5.74, 6) is 0. The molecule has 1 aromatic carbocycles. The van der Waals surface area contributed by atoms with Gasteiger partial charge in [-0.05, 0) is 24.3 Å². The number of benzene rings is 1. The van der Waals surface area contributed by atoms with Gasteiger partial charge in [-0.2, -0.15) is 10.4 Å². The first-order valence-electron chi connectivity index (χ1n) is 6.12. The summed E-state index contributed by atoms with van der Waals surface area (Å²) in [5, 5.41) is 18.8. The molecule has 7 heteroatoms. The van der Waals surface area contributed by atoms with Crippen molar-refractivity contribution in [1.82, 2.24) is 14.8 Å². The Morgan fingerprint density at radius 1 is 1.38 bits per heavy atom. The second-order valence-corrected chi connectivity index (χ2v) is 5.70. The number of aromatic nitrogens is 3. The van der Waals surface area contributed by atoms with Gasteiger partial charge in [0.2, 0.25) is 0 Å². The van der Waals surface area contributed by atoms with Gasteiger partial charge in [0.15, 0.2) is 0 Å². The summed E-state index contributed by atoms with van der Waals surface area (Å²) in [6.45, 7) is 0.619. The fraction of sp³-hybridized carbons (Fsp3) is 0.0714. The second-order valence-electron chi connectivity index (χ2n) is 4.27. The summed E-state index contributed by atoms with van der Waals surface area (Å²) < 4.78 is 1.67. The van der Waals surface area contributed by atoms with Crippen molar-refractivity contribution >= 4 is 28.6 Å². The molecule has 21 heavy (non-hydrogen) atoms. The highest BCUT2D eigenvalue weighted by Crippen LogP contribution is 2.25. The van der Waals surface area contributed by atoms with E-state index in [9.17, 15) is 0 Å². The van der Waals surface area contributed by atoms with Crippen molar-refractivity contribution in [2.45, 2.75) is 6.54 Å². The minimum absolute atomic E-state index is 0.619. The van der Waals surface area contributed by atoms with E-state index in [-0.39, 0.29) is 0 Å². The van der Waals surface area contributed by atoms with Crippen LogP contribution in [0.25, 0.3) is 5.69 Å². The minimum atomic E-state index is 0.619. The first kappa shape index (κ1) is 13.6. The molecule has 0 saturated carbocycles. The van der Waals surface area contributed by atoms with Crippen LogP contribution in [0.1, 0.15) is 10.4 Å². The molecule has 0 saturated heterocycles. The normalized spacial score (nSPS) is 10.3. The van der Waals surface area contributed by atoms with Crippen LogP contribution in [0.3, 0.4) is 0 Å². The number of rotatable bonds is 4. The highest BCUT2D eigenvalue weighted by atomic mass is 35.5. The van der Waals surface area contributed by atoms with Crippen molar-refractivity contribution in [1.29, 1.82) is 5.26 Å². The van der Waals surface area contributed by atoms with Crippen LogP contribution in [-0.4, -0.2) is 14.8 Å². The van der Waals surface area contributed by atoms with Crippen LogP contribution in [0.15, 0.2) is 42.3 Å². The minimum Gasteiger partial charge on any atom is -0.378 e. The highest BCUT2D eigenvalue weighted by molar-refractivity contribution is 7.10. The standard InChI is InChI=1S/C14H10ClN5S/c15-11-1-2-14(20-9-17-8-19-20)13(4-11)18-6-12-3-10(5-16)7-21-12/h1-4,7-9,18H,6H2. The van der Waals surface area contributed by atoms with Gasteiger partial charge in [-0.25, -0.2) is 9.67 Å². The third-order valence-electron chi connectivity index (χ3n) is 2.86. The number of hydrogen-bond donors (Lipinski definition) is 1. The van der Waals surface area contributed by atoms with E-state index < -0.39 is 0 Å².